The number of hydrogen-bond donors (Lipinski definition) is 1. The third kappa shape index (κ3) is 3.20. The molecule has 0 aliphatic carbocycles. The van der Waals surface area contributed by atoms with Gasteiger partial charge in [0.1, 0.15) is 6.10 Å². The highest BCUT2D eigenvalue weighted by atomic mass is 79.9. The van der Waals surface area contributed by atoms with E-state index in [2.05, 4.69) is 31.9 Å². The molecule has 1 atom stereocenters. The van der Waals surface area contributed by atoms with Gasteiger partial charge in [-0.2, -0.15) is 0 Å². The summed E-state index contributed by atoms with van der Waals surface area (Å²) in [6.45, 7) is 0. The Labute approximate surface area is 97.2 Å². The number of aliphatic hydroxyl groups excluding tert-OH is 1. The van der Waals surface area contributed by atoms with Crippen LogP contribution in [0.4, 0.5) is 4.39 Å². The summed E-state index contributed by atoms with van der Waals surface area (Å²) in [5.74, 6) is 0. The van der Waals surface area contributed by atoms with Crippen molar-refractivity contribution in [2.45, 2.75) is 9.59 Å². The van der Waals surface area contributed by atoms with E-state index < -0.39 is 9.59 Å². The quantitative estimate of drug-likeness (QED) is 0.817. The summed E-state index contributed by atoms with van der Waals surface area (Å²) < 4.78 is 11.1. The molecule has 1 aromatic rings. The highest BCUT2D eigenvalue weighted by Crippen LogP contribution is 2.41. The second-order valence-corrected chi connectivity index (χ2v) is 6.31. The summed E-state index contributed by atoms with van der Waals surface area (Å²) in [4.78, 5) is 0. The zero-order valence-corrected chi connectivity index (χ0v) is 10.3. The maximum absolute atomic E-state index is 13.1. The molecule has 1 N–H and O–H groups in total. The molecule has 0 aliphatic heterocycles. The molecule has 0 heterocycles. The molecule has 1 unspecified atom stereocenters. The molecule has 5 heteroatoms. The molecule has 0 saturated carbocycles. The van der Waals surface area contributed by atoms with E-state index >= 15 is 0 Å². The van der Waals surface area contributed by atoms with Crippen LogP contribution in [0.25, 0.3) is 0 Å². The predicted octanol–water partition coefficient (Wildman–Crippen LogP) is 3.79. The number of halogens is 4. The van der Waals surface area contributed by atoms with Gasteiger partial charge in [-0.1, -0.05) is 23.7 Å². The summed E-state index contributed by atoms with van der Waals surface area (Å²) in [5, 5.41) is 9.91. The number of hydrogen-bond acceptors (Lipinski definition) is 1. The van der Waals surface area contributed by atoms with Crippen molar-refractivity contribution in [3.05, 3.63) is 34.9 Å². The van der Waals surface area contributed by atoms with Crippen LogP contribution in [0, 0.1) is 0 Å². The molecule has 1 rings (SSSR count). The smallest absolute Gasteiger partial charge is 0.248 e. The van der Waals surface area contributed by atoms with Crippen molar-refractivity contribution >= 4 is 43.5 Å². The average Bonchev–Trinajstić information content (AvgIpc) is 2.01. The number of benzene rings is 1. The van der Waals surface area contributed by atoms with Gasteiger partial charge in [-0.15, -0.1) is 0 Å². The third-order valence-corrected chi connectivity index (χ3v) is 2.58. The molecule has 13 heavy (non-hydrogen) atoms. The Morgan fingerprint density at radius 3 is 2.54 bits per heavy atom. The molecule has 0 saturated heterocycles. The van der Waals surface area contributed by atoms with Crippen LogP contribution in [0.2, 0.25) is 5.02 Å². The molecular weight excluding hydrogens is 326 g/mol. The molecule has 0 fully saturated rings. The lowest BCUT2D eigenvalue weighted by molar-refractivity contribution is 0.114. The van der Waals surface area contributed by atoms with Crippen LogP contribution >= 0.6 is 43.5 Å². The lowest BCUT2D eigenvalue weighted by atomic mass is 10.1. The molecule has 0 aromatic heterocycles. The van der Waals surface area contributed by atoms with Gasteiger partial charge in [0, 0.05) is 5.02 Å². The highest BCUT2D eigenvalue weighted by Gasteiger charge is 2.33. The maximum Gasteiger partial charge on any atom is 0.248 e. The Morgan fingerprint density at radius 1 is 1.46 bits per heavy atom. The Bertz CT molecular complexity index is 300. The number of aliphatic hydroxyl groups is 1. The molecule has 0 spiro atoms. The summed E-state index contributed by atoms with van der Waals surface area (Å²) in [5.41, 5.74) is 0.406. The van der Waals surface area contributed by atoms with Crippen molar-refractivity contribution in [1.82, 2.24) is 0 Å². The standard InChI is InChI=1S/C8H6Br2ClFO/c9-8(10,12)7(13)5-2-1-3-6(11)4-5/h1-4,7,13H. The second kappa shape index (κ2) is 4.26. The van der Waals surface area contributed by atoms with Crippen molar-refractivity contribution in [3.63, 3.8) is 0 Å². The fourth-order valence-electron chi connectivity index (χ4n) is 0.866. The Morgan fingerprint density at radius 2 is 2.08 bits per heavy atom. The minimum Gasteiger partial charge on any atom is -0.383 e. The van der Waals surface area contributed by atoms with Crippen molar-refractivity contribution < 1.29 is 9.50 Å². The van der Waals surface area contributed by atoms with Gasteiger partial charge in [0.25, 0.3) is 0 Å². The van der Waals surface area contributed by atoms with Crippen molar-refractivity contribution in [2.75, 3.05) is 0 Å². The Kier molecular flexibility index (Phi) is 3.74. The lowest BCUT2D eigenvalue weighted by Crippen LogP contribution is -2.16. The van der Waals surface area contributed by atoms with Crippen LogP contribution in [0.1, 0.15) is 11.7 Å². The van der Waals surface area contributed by atoms with E-state index in [1.807, 2.05) is 0 Å². The predicted molar refractivity (Wildman–Crippen MR) is 58.1 cm³/mol. The lowest BCUT2D eigenvalue weighted by Gasteiger charge is -2.18. The van der Waals surface area contributed by atoms with Gasteiger partial charge in [0.15, 0.2) is 0 Å². The Hall–Kier alpha value is 0.360. The van der Waals surface area contributed by atoms with Gasteiger partial charge in [0.05, 0.1) is 0 Å². The van der Waals surface area contributed by atoms with E-state index in [0.717, 1.165) is 0 Å². The van der Waals surface area contributed by atoms with Crippen molar-refractivity contribution in [3.8, 4) is 0 Å². The fourth-order valence-corrected chi connectivity index (χ4v) is 1.59. The minimum atomic E-state index is -2.02. The molecule has 0 bridgehead atoms. The normalized spacial score (nSPS) is 14.2. The first-order valence-corrected chi connectivity index (χ1v) is 5.38. The average molecular weight is 332 g/mol. The highest BCUT2D eigenvalue weighted by molar-refractivity contribution is 9.25. The van der Waals surface area contributed by atoms with Gasteiger partial charge < -0.3 is 5.11 Å². The maximum atomic E-state index is 13.1. The SMILES string of the molecule is OC(c1cccc(Cl)c1)C(F)(Br)Br. The number of rotatable bonds is 2. The van der Waals surface area contributed by atoms with Gasteiger partial charge >= 0.3 is 0 Å². The first kappa shape index (κ1) is 11.4. The molecule has 0 radical (unpaired) electrons. The van der Waals surface area contributed by atoms with Crippen LogP contribution in [0.3, 0.4) is 0 Å². The zero-order valence-electron chi connectivity index (χ0n) is 6.35. The zero-order chi connectivity index (χ0) is 10.1. The molecule has 0 amide bonds. The van der Waals surface area contributed by atoms with Crippen molar-refractivity contribution in [1.29, 1.82) is 0 Å². The van der Waals surface area contributed by atoms with E-state index in [4.69, 9.17) is 11.6 Å². The van der Waals surface area contributed by atoms with E-state index in [1.165, 1.54) is 6.07 Å². The molecular formula is C8H6Br2ClFO. The van der Waals surface area contributed by atoms with Crippen LogP contribution in [0.15, 0.2) is 24.3 Å². The van der Waals surface area contributed by atoms with E-state index in [9.17, 15) is 9.50 Å². The first-order valence-electron chi connectivity index (χ1n) is 3.41. The van der Waals surface area contributed by atoms with E-state index in [-0.39, 0.29) is 0 Å². The van der Waals surface area contributed by atoms with Crippen LogP contribution in [0.5, 0.6) is 0 Å². The molecule has 1 nitrogen and oxygen atoms in total. The summed E-state index contributed by atoms with van der Waals surface area (Å²) in [6, 6.07) is 6.39. The van der Waals surface area contributed by atoms with Crippen LogP contribution in [-0.4, -0.2) is 8.59 Å². The minimum absolute atomic E-state index is 0.406. The molecule has 72 valence electrons. The fraction of sp³-hybridized carbons (Fsp3) is 0.250. The van der Waals surface area contributed by atoms with Gasteiger partial charge in [-0.25, -0.2) is 4.39 Å². The van der Waals surface area contributed by atoms with E-state index in [0.29, 0.717) is 10.6 Å². The summed E-state index contributed by atoms with van der Waals surface area (Å²) >= 11 is 11.0. The Balaban J connectivity index is 2.96. The van der Waals surface area contributed by atoms with Gasteiger partial charge in [-0.05, 0) is 49.6 Å². The first-order chi connectivity index (χ1) is 5.91. The summed E-state index contributed by atoms with van der Waals surface area (Å²) in [7, 11) is 0. The van der Waals surface area contributed by atoms with E-state index in [1.54, 1.807) is 18.2 Å². The molecule has 1 aromatic carbocycles. The summed E-state index contributed by atoms with van der Waals surface area (Å²) in [6.07, 6.45) is -1.30. The monoisotopic (exact) mass is 330 g/mol. The molecule has 0 aliphatic rings. The van der Waals surface area contributed by atoms with Crippen LogP contribution < -0.4 is 0 Å². The van der Waals surface area contributed by atoms with Gasteiger partial charge in [0.2, 0.25) is 3.49 Å². The number of alkyl halides is 3. The second-order valence-electron chi connectivity index (χ2n) is 2.50. The van der Waals surface area contributed by atoms with Gasteiger partial charge in [-0.3, -0.25) is 0 Å². The largest absolute Gasteiger partial charge is 0.383 e. The van der Waals surface area contributed by atoms with Crippen molar-refractivity contribution in [2.24, 2.45) is 0 Å². The third-order valence-electron chi connectivity index (χ3n) is 1.47. The van der Waals surface area contributed by atoms with Crippen LogP contribution in [-0.2, 0) is 0 Å². The topological polar surface area (TPSA) is 20.2 Å².